The van der Waals surface area contributed by atoms with Gasteiger partial charge in [0.05, 0.1) is 0 Å². The van der Waals surface area contributed by atoms with Crippen LogP contribution in [0.1, 0.15) is 59.8 Å². The minimum absolute atomic E-state index is 0.610. The smallest absolute Gasteiger partial charge is 0.191 e. The fourth-order valence-electron chi connectivity index (χ4n) is 4.01. The lowest BCUT2D eigenvalue weighted by Crippen LogP contribution is -2.45. The average Bonchev–Trinajstić information content (AvgIpc) is 3.01. The Hall–Kier alpha value is -0.770. The third kappa shape index (κ3) is 5.98. The van der Waals surface area contributed by atoms with Gasteiger partial charge in [-0.15, -0.1) is 0 Å². The van der Waals surface area contributed by atoms with Crippen LogP contribution in [0.3, 0.4) is 0 Å². The molecule has 2 N–H and O–H groups in total. The van der Waals surface area contributed by atoms with Crippen LogP contribution in [-0.2, 0) is 0 Å². The molecule has 1 atom stereocenters. The molecule has 134 valence electrons. The lowest BCUT2D eigenvalue weighted by molar-refractivity contribution is 0.250. The van der Waals surface area contributed by atoms with Crippen LogP contribution >= 0.6 is 0 Å². The summed E-state index contributed by atoms with van der Waals surface area (Å²) in [5.41, 5.74) is 0. The Bertz CT molecular complexity index is 358. The molecule has 1 saturated heterocycles. The minimum atomic E-state index is 0.610. The highest BCUT2D eigenvalue weighted by atomic mass is 15.2. The summed E-state index contributed by atoms with van der Waals surface area (Å²) in [4.78, 5) is 7.42. The predicted molar refractivity (Wildman–Crippen MR) is 99.9 cm³/mol. The molecule has 0 aromatic rings. The van der Waals surface area contributed by atoms with E-state index in [2.05, 4.69) is 43.2 Å². The molecule has 23 heavy (non-hydrogen) atoms. The van der Waals surface area contributed by atoms with Crippen molar-refractivity contribution in [1.29, 1.82) is 0 Å². The Balaban J connectivity index is 1.78. The number of hydrogen-bond donors (Lipinski definition) is 2. The van der Waals surface area contributed by atoms with Gasteiger partial charge in [0.15, 0.2) is 5.96 Å². The number of guanidine groups is 1. The first-order valence-corrected chi connectivity index (χ1v) is 9.89. The standard InChI is InChI=1S/C19H38N4/c1-5-20-19(21-13-16-11-12-23(6-2)14-16)22-18-9-7-17(8-10-18)15(3)4/h15-18H,5-14H2,1-4H3,(H2,20,21,22). The van der Waals surface area contributed by atoms with E-state index in [1.807, 2.05) is 0 Å². The number of nitrogens with one attached hydrogen (secondary N) is 2. The molecule has 1 unspecified atom stereocenters. The zero-order valence-electron chi connectivity index (χ0n) is 15.8. The van der Waals surface area contributed by atoms with Gasteiger partial charge in [-0.3, -0.25) is 4.99 Å². The molecule has 0 aromatic carbocycles. The summed E-state index contributed by atoms with van der Waals surface area (Å²) in [5, 5.41) is 7.13. The molecule has 4 nitrogen and oxygen atoms in total. The van der Waals surface area contributed by atoms with Crippen molar-refractivity contribution in [3.63, 3.8) is 0 Å². The summed E-state index contributed by atoms with van der Waals surface area (Å²) in [6, 6.07) is 0.610. The van der Waals surface area contributed by atoms with Crippen LogP contribution in [0.2, 0.25) is 0 Å². The second kappa shape index (κ2) is 9.51. The summed E-state index contributed by atoms with van der Waals surface area (Å²) in [6.45, 7) is 14.7. The second-order valence-corrected chi connectivity index (χ2v) is 7.77. The number of rotatable bonds is 6. The molecular formula is C19H38N4. The zero-order chi connectivity index (χ0) is 16.7. The maximum absolute atomic E-state index is 4.88. The molecule has 0 radical (unpaired) electrons. The van der Waals surface area contributed by atoms with Gasteiger partial charge in [-0.1, -0.05) is 20.8 Å². The molecule has 0 amide bonds. The lowest BCUT2D eigenvalue weighted by atomic mass is 9.80. The van der Waals surface area contributed by atoms with E-state index in [4.69, 9.17) is 4.99 Å². The van der Waals surface area contributed by atoms with E-state index in [9.17, 15) is 0 Å². The number of nitrogens with zero attached hydrogens (tertiary/aromatic N) is 2. The average molecular weight is 323 g/mol. The topological polar surface area (TPSA) is 39.7 Å². The monoisotopic (exact) mass is 322 g/mol. The van der Waals surface area contributed by atoms with E-state index in [-0.39, 0.29) is 0 Å². The van der Waals surface area contributed by atoms with Gasteiger partial charge in [0.25, 0.3) is 0 Å². The van der Waals surface area contributed by atoms with Gasteiger partial charge < -0.3 is 15.5 Å². The molecule has 2 aliphatic rings. The van der Waals surface area contributed by atoms with E-state index in [0.717, 1.165) is 36.8 Å². The van der Waals surface area contributed by atoms with Gasteiger partial charge in [0.2, 0.25) is 0 Å². The first-order chi connectivity index (χ1) is 11.1. The molecular weight excluding hydrogens is 284 g/mol. The molecule has 2 rings (SSSR count). The van der Waals surface area contributed by atoms with E-state index >= 15 is 0 Å². The number of likely N-dealkylation sites (tertiary alicyclic amines) is 1. The Kier molecular flexibility index (Phi) is 7.68. The SMILES string of the molecule is CCNC(=NCC1CCN(CC)C1)NC1CCC(C(C)C)CC1. The number of hydrogen-bond acceptors (Lipinski definition) is 2. The Morgan fingerprint density at radius 1 is 1.13 bits per heavy atom. The van der Waals surface area contributed by atoms with E-state index < -0.39 is 0 Å². The molecule has 2 fully saturated rings. The highest BCUT2D eigenvalue weighted by Crippen LogP contribution is 2.29. The van der Waals surface area contributed by atoms with Gasteiger partial charge in [-0.05, 0) is 69.9 Å². The molecule has 1 heterocycles. The van der Waals surface area contributed by atoms with Crippen LogP contribution < -0.4 is 10.6 Å². The molecule has 1 saturated carbocycles. The summed E-state index contributed by atoms with van der Waals surface area (Å²) in [5.74, 6) is 3.53. The first kappa shape index (κ1) is 18.6. The van der Waals surface area contributed by atoms with E-state index in [0.29, 0.717) is 6.04 Å². The van der Waals surface area contributed by atoms with Crippen LogP contribution in [0.15, 0.2) is 4.99 Å². The van der Waals surface area contributed by atoms with Crippen LogP contribution in [0.25, 0.3) is 0 Å². The third-order valence-corrected chi connectivity index (χ3v) is 5.72. The van der Waals surface area contributed by atoms with Crippen molar-refractivity contribution in [2.75, 3.05) is 32.7 Å². The van der Waals surface area contributed by atoms with Crippen LogP contribution in [-0.4, -0.2) is 49.6 Å². The zero-order valence-corrected chi connectivity index (χ0v) is 15.8. The normalized spacial score (nSPS) is 30.0. The Morgan fingerprint density at radius 2 is 1.87 bits per heavy atom. The van der Waals surface area contributed by atoms with Crippen LogP contribution in [0.5, 0.6) is 0 Å². The number of aliphatic imine (C=N–C) groups is 1. The van der Waals surface area contributed by atoms with E-state index in [1.54, 1.807) is 0 Å². The Labute approximate surface area is 143 Å². The van der Waals surface area contributed by atoms with Crippen molar-refractivity contribution in [3.05, 3.63) is 0 Å². The minimum Gasteiger partial charge on any atom is -0.357 e. The molecule has 0 aromatic heterocycles. The summed E-state index contributed by atoms with van der Waals surface area (Å²) in [7, 11) is 0. The summed E-state index contributed by atoms with van der Waals surface area (Å²) in [6.07, 6.45) is 6.61. The summed E-state index contributed by atoms with van der Waals surface area (Å²) < 4.78 is 0. The molecule has 1 aliphatic carbocycles. The van der Waals surface area contributed by atoms with Crippen molar-refractivity contribution in [2.24, 2.45) is 22.7 Å². The van der Waals surface area contributed by atoms with Crippen LogP contribution in [0, 0.1) is 17.8 Å². The van der Waals surface area contributed by atoms with Gasteiger partial charge in [0, 0.05) is 25.7 Å². The second-order valence-electron chi connectivity index (χ2n) is 7.77. The van der Waals surface area contributed by atoms with Gasteiger partial charge in [-0.25, -0.2) is 0 Å². The van der Waals surface area contributed by atoms with Crippen LogP contribution in [0.4, 0.5) is 0 Å². The molecule has 1 aliphatic heterocycles. The fourth-order valence-corrected chi connectivity index (χ4v) is 4.01. The van der Waals surface area contributed by atoms with Crippen molar-refractivity contribution in [2.45, 2.75) is 65.8 Å². The highest BCUT2D eigenvalue weighted by molar-refractivity contribution is 5.80. The predicted octanol–water partition coefficient (Wildman–Crippen LogP) is 3.10. The van der Waals surface area contributed by atoms with Crippen molar-refractivity contribution in [3.8, 4) is 0 Å². The third-order valence-electron chi connectivity index (χ3n) is 5.72. The fraction of sp³-hybridized carbons (Fsp3) is 0.947. The van der Waals surface area contributed by atoms with E-state index in [1.165, 1.54) is 51.7 Å². The molecule has 0 bridgehead atoms. The maximum Gasteiger partial charge on any atom is 0.191 e. The lowest BCUT2D eigenvalue weighted by Gasteiger charge is -2.32. The molecule has 0 spiro atoms. The largest absolute Gasteiger partial charge is 0.357 e. The summed E-state index contributed by atoms with van der Waals surface area (Å²) >= 11 is 0. The Morgan fingerprint density at radius 3 is 2.43 bits per heavy atom. The van der Waals surface area contributed by atoms with Gasteiger partial charge in [0.1, 0.15) is 0 Å². The molecule has 4 heteroatoms. The quantitative estimate of drug-likeness (QED) is 0.583. The first-order valence-electron chi connectivity index (χ1n) is 9.89. The van der Waals surface area contributed by atoms with Gasteiger partial charge >= 0.3 is 0 Å². The van der Waals surface area contributed by atoms with Crippen molar-refractivity contribution >= 4 is 5.96 Å². The maximum atomic E-state index is 4.88. The van der Waals surface area contributed by atoms with Crippen molar-refractivity contribution in [1.82, 2.24) is 15.5 Å². The highest BCUT2D eigenvalue weighted by Gasteiger charge is 2.24. The van der Waals surface area contributed by atoms with Gasteiger partial charge in [-0.2, -0.15) is 0 Å². The van der Waals surface area contributed by atoms with Crippen molar-refractivity contribution < 1.29 is 0 Å².